The van der Waals surface area contributed by atoms with Crippen LogP contribution in [0.5, 0.6) is 5.75 Å². The van der Waals surface area contributed by atoms with Crippen molar-refractivity contribution in [3.63, 3.8) is 0 Å². The number of hydrogen-bond acceptors (Lipinski definition) is 5. The van der Waals surface area contributed by atoms with Gasteiger partial charge in [0.1, 0.15) is 28.6 Å². The smallest absolute Gasteiger partial charge is 0.144 e. The summed E-state index contributed by atoms with van der Waals surface area (Å²) in [5, 5.41) is 8.38. The Labute approximate surface area is 140 Å². The van der Waals surface area contributed by atoms with E-state index in [-0.39, 0.29) is 0 Å². The minimum Gasteiger partial charge on any atom is -0.494 e. The molecule has 0 amide bonds. The Balaban J connectivity index is 1.93. The molecule has 0 spiro atoms. The molecular formula is C18H19N5O. The highest BCUT2D eigenvalue weighted by Crippen LogP contribution is 2.35. The zero-order valence-electron chi connectivity index (χ0n) is 13.6. The van der Waals surface area contributed by atoms with Crippen LogP contribution in [0.1, 0.15) is 18.4 Å². The largest absolute Gasteiger partial charge is 0.494 e. The average Bonchev–Trinajstić information content (AvgIpc) is 2.83. The third kappa shape index (κ3) is 2.50. The second-order valence-electron chi connectivity index (χ2n) is 5.73. The zero-order valence-corrected chi connectivity index (χ0v) is 13.6. The fourth-order valence-corrected chi connectivity index (χ4v) is 3.11. The van der Waals surface area contributed by atoms with Crippen LogP contribution in [0.25, 0.3) is 17.1 Å². The number of hydrogen-bond donors (Lipinski definition) is 1. The minimum atomic E-state index is 0.791. The van der Waals surface area contributed by atoms with Gasteiger partial charge in [0, 0.05) is 24.5 Å². The highest BCUT2D eigenvalue weighted by molar-refractivity contribution is 5.69. The summed E-state index contributed by atoms with van der Waals surface area (Å²) in [5.74, 6) is 1.82. The molecule has 2 aromatic heterocycles. The molecule has 4 rings (SSSR count). The van der Waals surface area contributed by atoms with Crippen LogP contribution in [0.3, 0.4) is 0 Å². The van der Waals surface area contributed by atoms with E-state index in [1.54, 1.807) is 25.7 Å². The van der Waals surface area contributed by atoms with Crippen molar-refractivity contribution in [1.29, 1.82) is 0 Å². The summed E-state index contributed by atoms with van der Waals surface area (Å²) < 4.78 is 7.45. The van der Waals surface area contributed by atoms with E-state index >= 15 is 0 Å². The monoisotopic (exact) mass is 321 g/mol. The van der Waals surface area contributed by atoms with Crippen molar-refractivity contribution in [1.82, 2.24) is 19.7 Å². The number of anilines is 1. The van der Waals surface area contributed by atoms with Crippen LogP contribution >= 0.6 is 0 Å². The third-order valence-electron chi connectivity index (χ3n) is 4.25. The molecule has 1 aromatic carbocycles. The lowest BCUT2D eigenvalue weighted by molar-refractivity contribution is 0.412. The lowest BCUT2D eigenvalue weighted by atomic mass is 10.1. The van der Waals surface area contributed by atoms with Gasteiger partial charge < -0.3 is 10.1 Å². The van der Waals surface area contributed by atoms with Crippen LogP contribution in [0, 0.1) is 0 Å². The van der Waals surface area contributed by atoms with E-state index in [1.807, 2.05) is 28.9 Å². The van der Waals surface area contributed by atoms with Crippen molar-refractivity contribution in [2.75, 3.05) is 19.0 Å². The fourth-order valence-electron chi connectivity index (χ4n) is 3.11. The average molecular weight is 321 g/mol. The first kappa shape index (κ1) is 14.7. The topological polar surface area (TPSA) is 64.9 Å². The Hall–Kier alpha value is -2.89. The van der Waals surface area contributed by atoms with Gasteiger partial charge in [-0.2, -0.15) is 5.10 Å². The zero-order chi connectivity index (χ0) is 16.4. The van der Waals surface area contributed by atoms with Gasteiger partial charge in [0.05, 0.1) is 13.3 Å². The predicted octanol–water partition coefficient (Wildman–Crippen LogP) is 3.09. The first-order valence-electron chi connectivity index (χ1n) is 8.14. The SMILES string of the molecule is COc1ccccc1-n1nc(-c2cnccn2)c2c1NCCCC2. The van der Waals surface area contributed by atoms with Crippen molar-refractivity contribution < 1.29 is 4.74 Å². The molecule has 1 aliphatic heterocycles. The molecule has 3 aromatic rings. The van der Waals surface area contributed by atoms with E-state index in [0.29, 0.717) is 0 Å². The van der Waals surface area contributed by atoms with Gasteiger partial charge in [0.15, 0.2) is 0 Å². The minimum absolute atomic E-state index is 0.791. The lowest BCUT2D eigenvalue weighted by Gasteiger charge is -2.12. The van der Waals surface area contributed by atoms with E-state index in [1.165, 1.54) is 5.56 Å². The molecule has 0 saturated heterocycles. The molecular weight excluding hydrogens is 302 g/mol. The number of ether oxygens (including phenoxy) is 1. The van der Waals surface area contributed by atoms with E-state index < -0.39 is 0 Å². The number of aromatic nitrogens is 4. The quantitative estimate of drug-likeness (QED) is 0.803. The van der Waals surface area contributed by atoms with E-state index in [4.69, 9.17) is 9.84 Å². The van der Waals surface area contributed by atoms with E-state index in [9.17, 15) is 0 Å². The number of methoxy groups -OCH3 is 1. The summed E-state index contributed by atoms with van der Waals surface area (Å²) in [4.78, 5) is 8.63. The fraction of sp³-hybridized carbons (Fsp3) is 0.278. The summed E-state index contributed by atoms with van der Waals surface area (Å²) in [6, 6.07) is 7.91. The predicted molar refractivity (Wildman–Crippen MR) is 92.6 cm³/mol. The maximum absolute atomic E-state index is 5.52. The molecule has 1 aliphatic rings. The number of para-hydroxylation sites is 2. The van der Waals surface area contributed by atoms with Gasteiger partial charge in [-0.25, -0.2) is 4.68 Å². The molecule has 6 nitrogen and oxygen atoms in total. The first-order chi connectivity index (χ1) is 11.9. The van der Waals surface area contributed by atoms with E-state index in [2.05, 4.69) is 15.3 Å². The third-order valence-corrected chi connectivity index (χ3v) is 4.25. The number of nitrogens with zero attached hydrogens (tertiary/aromatic N) is 4. The maximum Gasteiger partial charge on any atom is 0.144 e. The summed E-state index contributed by atoms with van der Waals surface area (Å²) in [6.07, 6.45) is 8.39. The molecule has 0 fully saturated rings. The van der Waals surface area contributed by atoms with Crippen molar-refractivity contribution in [2.24, 2.45) is 0 Å². The van der Waals surface area contributed by atoms with Crippen LogP contribution in [0.2, 0.25) is 0 Å². The molecule has 3 heterocycles. The molecule has 122 valence electrons. The van der Waals surface area contributed by atoms with Crippen molar-refractivity contribution in [3.8, 4) is 22.8 Å². The molecule has 0 radical (unpaired) electrons. The Bertz CT molecular complexity index is 844. The number of fused-ring (bicyclic) bond motifs is 1. The van der Waals surface area contributed by atoms with Crippen molar-refractivity contribution in [3.05, 3.63) is 48.4 Å². The van der Waals surface area contributed by atoms with Gasteiger partial charge in [-0.15, -0.1) is 0 Å². The molecule has 1 N–H and O–H groups in total. The van der Waals surface area contributed by atoms with Crippen LogP contribution in [-0.2, 0) is 6.42 Å². The molecule has 24 heavy (non-hydrogen) atoms. The normalized spacial score (nSPS) is 13.7. The van der Waals surface area contributed by atoms with Gasteiger partial charge >= 0.3 is 0 Å². The van der Waals surface area contributed by atoms with Crippen molar-refractivity contribution >= 4 is 5.82 Å². The Morgan fingerprint density at radius 3 is 2.92 bits per heavy atom. The number of rotatable bonds is 3. The first-order valence-corrected chi connectivity index (χ1v) is 8.14. The standard InChI is InChI=1S/C18H19N5O/c1-24-16-8-3-2-7-15(16)23-18-13(6-4-5-9-21-18)17(22-23)14-12-19-10-11-20-14/h2-3,7-8,10-12,21H,4-6,9H2,1H3. The van der Waals surface area contributed by atoms with Crippen molar-refractivity contribution in [2.45, 2.75) is 19.3 Å². The summed E-state index contributed by atoms with van der Waals surface area (Å²) in [5.41, 5.74) is 3.80. The molecule has 6 heteroatoms. The molecule has 0 unspecified atom stereocenters. The van der Waals surface area contributed by atoms with Gasteiger partial charge in [-0.1, -0.05) is 12.1 Å². The Morgan fingerprint density at radius 1 is 1.17 bits per heavy atom. The second-order valence-corrected chi connectivity index (χ2v) is 5.73. The Kier molecular flexibility index (Phi) is 3.86. The van der Waals surface area contributed by atoms with Gasteiger partial charge in [0.2, 0.25) is 0 Å². The molecule has 0 saturated carbocycles. The highest BCUT2D eigenvalue weighted by atomic mass is 16.5. The molecule has 0 aliphatic carbocycles. The van der Waals surface area contributed by atoms with Crippen LogP contribution in [-0.4, -0.2) is 33.4 Å². The molecule has 0 atom stereocenters. The highest BCUT2D eigenvalue weighted by Gasteiger charge is 2.23. The van der Waals surface area contributed by atoms with Crippen LogP contribution in [0.4, 0.5) is 5.82 Å². The van der Waals surface area contributed by atoms with Gasteiger partial charge in [0.25, 0.3) is 0 Å². The summed E-state index contributed by atoms with van der Waals surface area (Å²) in [7, 11) is 1.68. The maximum atomic E-state index is 5.52. The second kappa shape index (κ2) is 6.31. The molecule has 0 bridgehead atoms. The van der Waals surface area contributed by atoms with Gasteiger partial charge in [-0.05, 0) is 31.4 Å². The summed E-state index contributed by atoms with van der Waals surface area (Å²) >= 11 is 0. The van der Waals surface area contributed by atoms with Crippen LogP contribution < -0.4 is 10.1 Å². The summed E-state index contributed by atoms with van der Waals surface area (Å²) in [6.45, 7) is 0.938. The number of benzene rings is 1. The lowest BCUT2D eigenvalue weighted by Crippen LogP contribution is -2.08. The number of nitrogens with one attached hydrogen (secondary N) is 1. The van der Waals surface area contributed by atoms with E-state index in [0.717, 1.165) is 54.4 Å². The Morgan fingerprint density at radius 2 is 2.08 bits per heavy atom. The van der Waals surface area contributed by atoms with Gasteiger partial charge in [-0.3, -0.25) is 9.97 Å². The van der Waals surface area contributed by atoms with Crippen LogP contribution in [0.15, 0.2) is 42.9 Å².